The summed E-state index contributed by atoms with van der Waals surface area (Å²) < 4.78 is 5.49. The van der Waals surface area contributed by atoms with E-state index >= 15 is 0 Å². The van der Waals surface area contributed by atoms with Crippen LogP contribution < -0.4 is 0 Å². The van der Waals surface area contributed by atoms with Gasteiger partial charge in [-0.05, 0) is 26.7 Å². The lowest BCUT2D eigenvalue weighted by atomic mass is 9.89. The van der Waals surface area contributed by atoms with Crippen molar-refractivity contribution in [1.82, 2.24) is 0 Å². The summed E-state index contributed by atoms with van der Waals surface area (Å²) in [4.78, 5) is 10.2. The van der Waals surface area contributed by atoms with E-state index in [1.807, 2.05) is 13.8 Å². The molecule has 1 unspecified atom stereocenters. The van der Waals surface area contributed by atoms with Gasteiger partial charge in [-0.1, -0.05) is 5.92 Å². The van der Waals surface area contributed by atoms with Crippen molar-refractivity contribution in [2.45, 2.75) is 32.3 Å². The Labute approximate surface area is 78.1 Å². The zero-order valence-electron chi connectivity index (χ0n) is 7.96. The highest BCUT2D eigenvalue weighted by Crippen LogP contribution is 2.27. The Balaban J connectivity index is 2.54. The SMILES string of the molecule is CC1(C)CC(C#CC(=O)O)CCO1. The molecule has 0 bridgehead atoms. The van der Waals surface area contributed by atoms with Crippen molar-refractivity contribution < 1.29 is 14.6 Å². The second kappa shape index (κ2) is 3.80. The zero-order valence-corrected chi connectivity index (χ0v) is 7.96. The summed E-state index contributed by atoms with van der Waals surface area (Å²) in [6.07, 6.45) is 1.65. The van der Waals surface area contributed by atoms with E-state index in [9.17, 15) is 4.79 Å². The number of hydrogen-bond donors (Lipinski definition) is 1. The number of rotatable bonds is 0. The number of hydrogen-bond acceptors (Lipinski definition) is 2. The van der Waals surface area contributed by atoms with Crippen LogP contribution in [0.3, 0.4) is 0 Å². The highest BCUT2D eigenvalue weighted by molar-refractivity contribution is 5.86. The minimum Gasteiger partial charge on any atom is -0.472 e. The van der Waals surface area contributed by atoms with Crippen LogP contribution >= 0.6 is 0 Å². The number of aliphatic carboxylic acids is 1. The van der Waals surface area contributed by atoms with Gasteiger partial charge < -0.3 is 9.84 Å². The van der Waals surface area contributed by atoms with Crippen LogP contribution in [0.5, 0.6) is 0 Å². The average molecular weight is 182 g/mol. The molecule has 1 aliphatic heterocycles. The number of carboxylic acids is 1. The van der Waals surface area contributed by atoms with Gasteiger partial charge in [-0.25, -0.2) is 4.79 Å². The Kier molecular flexibility index (Phi) is 2.94. The molecule has 1 atom stereocenters. The lowest BCUT2D eigenvalue weighted by molar-refractivity contribution is -0.130. The molecule has 1 fully saturated rings. The second-order valence-corrected chi connectivity index (χ2v) is 3.87. The fourth-order valence-electron chi connectivity index (χ4n) is 1.52. The molecule has 0 aromatic carbocycles. The summed E-state index contributed by atoms with van der Waals surface area (Å²) in [6.45, 7) is 4.68. The van der Waals surface area contributed by atoms with Crippen molar-refractivity contribution in [2.75, 3.05) is 6.61 Å². The molecule has 3 heteroatoms. The zero-order chi connectivity index (χ0) is 9.90. The minimum atomic E-state index is -1.05. The third kappa shape index (κ3) is 3.47. The first kappa shape index (κ1) is 10.1. The van der Waals surface area contributed by atoms with E-state index in [4.69, 9.17) is 9.84 Å². The van der Waals surface area contributed by atoms with Crippen LogP contribution in [0.15, 0.2) is 0 Å². The molecule has 0 saturated carbocycles. The maximum Gasteiger partial charge on any atom is 0.381 e. The smallest absolute Gasteiger partial charge is 0.381 e. The van der Waals surface area contributed by atoms with E-state index in [2.05, 4.69) is 11.8 Å². The monoisotopic (exact) mass is 182 g/mol. The average Bonchev–Trinajstić information content (AvgIpc) is 1.99. The van der Waals surface area contributed by atoms with E-state index in [0.717, 1.165) is 12.8 Å². The van der Waals surface area contributed by atoms with Crippen molar-refractivity contribution in [3.05, 3.63) is 0 Å². The summed E-state index contributed by atoms with van der Waals surface area (Å²) >= 11 is 0. The van der Waals surface area contributed by atoms with Gasteiger partial charge in [0, 0.05) is 18.4 Å². The van der Waals surface area contributed by atoms with Crippen molar-refractivity contribution >= 4 is 5.97 Å². The van der Waals surface area contributed by atoms with Gasteiger partial charge in [-0.2, -0.15) is 0 Å². The maximum absolute atomic E-state index is 10.2. The van der Waals surface area contributed by atoms with Gasteiger partial charge in [0.2, 0.25) is 0 Å². The molecule has 72 valence electrons. The standard InChI is InChI=1S/C10H14O3/c1-10(2)7-8(5-6-13-10)3-4-9(11)12/h8H,5-7H2,1-2H3,(H,11,12). The highest BCUT2D eigenvalue weighted by Gasteiger charge is 2.27. The molecule has 0 radical (unpaired) electrons. The minimum absolute atomic E-state index is 0.157. The fourth-order valence-corrected chi connectivity index (χ4v) is 1.52. The highest BCUT2D eigenvalue weighted by atomic mass is 16.5. The van der Waals surface area contributed by atoms with Crippen molar-refractivity contribution in [1.29, 1.82) is 0 Å². The van der Waals surface area contributed by atoms with Crippen LogP contribution in [0.25, 0.3) is 0 Å². The number of ether oxygens (including phenoxy) is 1. The van der Waals surface area contributed by atoms with Gasteiger partial charge in [0.1, 0.15) is 0 Å². The molecule has 0 aromatic rings. The van der Waals surface area contributed by atoms with E-state index in [1.54, 1.807) is 0 Å². The molecule has 1 saturated heterocycles. The molecule has 0 aromatic heterocycles. The molecule has 1 N–H and O–H groups in total. The fraction of sp³-hybridized carbons (Fsp3) is 0.700. The molecule has 0 spiro atoms. The molecule has 0 aliphatic carbocycles. The number of carbonyl (C=O) groups is 1. The summed E-state index contributed by atoms with van der Waals surface area (Å²) in [5, 5.41) is 8.37. The quantitative estimate of drug-likeness (QED) is 0.574. The molecule has 13 heavy (non-hydrogen) atoms. The summed E-state index contributed by atoms with van der Waals surface area (Å²) in [6, 6.07) is 0. The van der Waals surface area contributed by atoms with Crippen LogP contribution in [-0.4, -0.2) is 23.3 Å². The van der Waals surface area contributed by atoms with Gasteiger partial charge in [0.25, 0.3) is 0 Å². The molecule has 1 aliphatic rings. The molecular weight excluding hydrogens is 168 g/mol. The van der Waals surface area contributed by atoms with E-state index < -0.39 is 5.97 Å². The van der Waals surface area contributed by atoms with E-state index in [-0.39, 0.29) is 11.5 Å². The molecular formula is C10H14O3. The molecule has 1 rings (SSSR count). The first-order valence-electron chi connectivity index (χ1n) is 4.38. The third-order valence-electron chi connectivity index (χ3n) is 2.08. The van der Waals surface area contributed by atoms with Crippen LogP contribution in [-0.2, 0) is 9.53 Å². The first-order valence-corrected chi connectivity index (χ1v) is 4.38. The second-order valence-electron chi connectivity index (χ2n) is 3.87. The topological polar surface area (TPSA) is 46.5 Å². The molecule has 3 nitrogen and oxygen atoms in total. The van der Waals surface area contributed by atoms with Gasteiger partial charge >= 0.3 is 5.97 Å². The normalized spacial score (nSPS) is 25.8. The van der Waals surface area contributed by atoms with Gasteiger partial charge in [-0.3, -0.25) is 0 Å². The van der Waals surface area contributed by atoms with Crippen molar-refractivity contribution in [3.63, 3.8) is 0 Å². The Bertz CT molecular complexity index is 257. The van der Waals surface area contributed by atoms with Gasteiger partial charge in [-0.15, -0.1) is 0 Å². The predicted molar refractivity (Wildman–Crippen MR) is 48.2 cm³/mol. The van der Waals surface area contributed by atoms with E-state index in [1.165, 1.54) is 0 Å². The third-order valence-corrected chi connectivity index (χ3v) is 2.08. The van der Waals surface area contributed by atoms with Crippen molar-refractivity contribution in [3.8, 4) is 11.8 Å². The van der Waals surface area contributed by atoms with Crippen LogP contribution in [0.4, 0.5) is 0 Å². The van der Waals surface area contributed by atoms with Gasteiger partial charge in [0.15, 0.2) is 0 Å². The van der Waals surface area contributed by atoms with Crippen molar-refractivity contribution in [2.24, 2.45) is 5.92 Å². The van der Waals surface area contributed by atoms with E-state index in [0.29, 0.717) is 6.61 Å². The lowest BCUT2D eigenvalue weighted by Gasteiger charge is -2.33. The van der Waals surface area contributed by atoms with Crippen LogP contribution in [0, 0.1) is 17.8 Å². The lowest BCUT2D eigenvalue weighted by Crippen LogP contribution is -2.33. The van der Waals surface area contributed by atoms with Crippen LogP contribution in [0.2, 0.25) is 0 Å². The summed E-state index contributed by atoms with van der Waals surface area (Å²) in [7, 11) is 0. The summed E-state index contributed by atoms with van der Waals surface area (Å²) in [5.74, 6) is 4.03. The predicted octanol–water partition coefficient (Wildman–Crippen LogP) is 1.28. The number of carboxylic acid groups (broad SMARTS) is 1. The van der Waals surface area contributed by atoms with Gasteiger partial charge in [0.05, 0.1) is 5.60 Å². The Morgan fingerprint density at radius 3 is 2.85 bits per heavy atom. The molecule has 0 amide bonds. The Morgan fingerprint density at radius 2 is 2.31 bits per heavy atom. The summed E-state index contributed by atoms with van der Waals surface area (Å²) in [5.41, 5.74) is -0.157. The molecule has 1 heterocycles. The van der Waals surface area contributed by atoms with Crippen LogP contribution in [0.1, 0.15) is 26.7 Å². The largest absolute Gasteiger partial charge is 0.472 e. The Morgan fingerprint density at radius 1 is 1.62 bits per heavy atom. The maximum atomic E-state index is 10.2. The Hall–Kier alpha value is -1.01. The first-order chi connectivity index (χ1) is 5.99.